The Kier molecular flexibility index (Phi) is 9.81. The number of nitrogens with one attached hydrogen (secondary N) is 2. The molecule has 2 fully saturated rings. The van der Waals surface area contributed by atoms with Crippen LogP contribution in [0.5, 0.6) is 5.88 Å². The van der Waals surface area contributed by atoms with Crippen molar-refractivity contribution in [2.75, 3.05) is 11.9 Å². The fourth-order valence-corrected chi connectivity index (χ4v) is 6.73. The summed E-state index contributed by atoms with van der Waals surface area (Å²) in [4.78, 5) is 16.4. The largest absolute Gasteiger partial charge is 0.477 e. The van der Waals surface area contributed by atoms with Gasteiger partial charge in [0.1, 0.15) is 18.1 Å². The SMILES string of the molecule is CC(C)(C)NC(=O)OC1CC(COc2cc(Nc3cc([C@H]4C[C@@H](F)[C@@H](O[Si](C)(C)C(C)(C)C)C4)nn3C(C)(C)C)ccn2)C1. The first-order chi connectivity index (χ1) is 20.2. The Morgan fingerprint density at radius 1 is 1.05 bits per heavy atom. The van der Waals surface area contributed by atoms with Crippen molar-refractivity contribution in [1.29, 1.82) is 0 Å². The molecule has 4 rings (SSSR count). The number of carbonyl (C=O) groups excluding carboxylic acids is 1. The minimum atomic E-state index is -2.08. The summed E-state index contributed by atoms with van der Waals surface area (Å²) in [6, 6.07) is 5.81. The molecule has 9 nitrogen and oxygen atoms in total. The van der Waals surface area contributed by atoms with E-state index in [-0.39, 0.29) is 34.2 Å². The average Bonchev–Trinajstić information content (AvgIpc) is 3.42. The maximum absolute atomic E-state index is 15.3. The van der Waals surface area contributed by atoms with E-state index in [0.29, 0.717) is 31.2 Å². The van der Waals surface area contributed by atoms with Crippen LogP contribution in [0.4, 0.5) is 20.7 Å². The summed E-state index contributed by atoms with van der Waals surface area (Å²) in [6.07, 6.45) is 2.46. The third-order valence-corrected chi connectivity index (χ3v) is 13.4. The number of carbonyl (C=O) groups is 1. The van der Waals surface area contributed by atoms with Crippen LogP contribution in [-0.4, -0.2) is 59.7 Å². The molecule has 11 heteroatoms. The van der Waals surface area contributed by atoms with Gasteiger partial charge in [0.25, 0.3) is 0 Å². The van der Waals surface area contributed by atoms with E-state index in [0.717, 1.165) is 30.0 Å². The summed E-state index contributed by atoms with van der Waals surface area (Å²) in [5.41, 5.74) is 1.10. The molecule has 0 aliphatic heterocycles. The molecule has 0 spiro atoms. The summed E-state index contributed by atoms with van der Waals surface area (Å²) in [5, 5.41) is 11.3. The molecule has 246 valence electrons. The van der Waals surface area contributed by atoms with Crippen molar-refractivity contribution in [2.45, 2.75) is 142 Å². The fraction of sp³-hybridized carbons (Fsp3) is 0.727. The molecule has 2 aromatic rings. The van der Waals surface area contributed by atoms with Gasteiger partial charge in [0, 0.05) is 41.4 Å². The average molecular weight is 632 g/mol. The van der Waals surface area contributed by atoms with E-state index in [1.807, 2.05) is 43.7 Å². The fourth-order valence-electron chi connectivity index (χ4n) is 5.38. The van der Waals surface area contributed by atoms with E-state index in [9.17, 15) is 4.79 Å². The third kappa shape index (κ3) is 8.74. The number of hydrogen-bond acceptors (Lipinski definition) is 7. The summed E-state index contributed by atoms with van der Waals surface area (Å²) >= 11 is 0. The third-order valence-electron chi connectivity index (χ3n) is 8.88. The lowest BCUT2D eigenvalue weighted by atomic mass is 9.83. The molecule has 0 radical (unpaired) electrons. The molecule has 0 unspecified atom stereocenters. The zero-order chi connectivity index (χ0) is 32.7. The Labute approximate surface area is 264 Å². The van der Waals surface area contributed by atoms with Crippen LogP contribution >= 0.6 is 0 Å². The maximum Gasteiger partial charge on any atom is 0.407 e. The van der Waals surface area contributed by atoms with Crippen LogP contribution in [0.15, 0.2) is 24.4 Å². The normalized spacial score (nSPS) is 24.5. The van der Waals surface area contributed by atoms with Crippen LogP contribution in [0.25, 0.3) is 0 Å². The summed E-state index contributed by atoms with van der Waals surface area (Å²) in [6.45, 7) is 23.5. The van der Waals surface area contributed by atoms with E-state index in [1.54, 1.807) is 6.20 Å². The molecule has 2 heterocycles. The van der Waals surface area contributed by atoms with Gasteiger partial charge in [-0.3, -0.25) is 0 Å². The number of alkyl halides is 1. The number of rotatable bonds is 9. The molecule has 3 atom stereocenters. The van der Waals surface area contributed by atoms with Crippen LogP contribution in [0.3, 0.4) is 0 Å². The van der Waals surface area contributed by atoms with Gasteiger partial charge in [-0.2, -0.15) is 5.10 Å². The van der Waals surface area contributed by atoms with E-state index in [1.165, 1.54) is 0 Å². The Morgan fingerprint density at radius 3 is 2.34 bits per heavy atom. The number of ether oxygens (including phenoxy) is 2. The van der Waals surface area contributed by atoms with Crippen molar-refractivity contribution in [1.82, 2.24) is 20.1 Å². The number of aromatic nitrogens is 3. The van der Waals surface area contributed by atoms with Crippen LogP contribution in [0.1, 0.15) is 99.6 Å². The Bertz CT molecular complexity index is 1290. The highest BCUT2D eigenvalue weighted by Gasteiger charge is 2.45. The van der Waals surface area contributed by atoms with Gasteiger partial charge in [-0.25, -0.2) is 18.9 Å². The second-order valence-corrected chi connectivity index (χ2v) is 21.0. The minimum absolute atomic E-state index is 0.00456. The quantitative estimate of drug-likeness (QED) is 0.270. The molecule has 0 saturated heterocycles. The predicted molar refractivity (Wildman–Crippen MR) is 175 cm³/mol. The second-order valence-electron chi connectivity index (χ2n) is 16.2. The van der Waals surface area contributed by atoms with Crippen molar-refractivity contribution in [3.63, 3.8) is 0 Å². The number of amides is 1. The summed E-state index contributed by atoms with van der Waals surface area (Å²) in [7, 11) is -2.08. The zero-order valence-corrected chi connectivity index (χ0v) is 29.6. The number of anilines is 2. The molecule has 2 aliphatic rings. The molecule has 2 aliphatic carbocycles. The molecule has 1 amide bonds. The first kappa shape index (κ1) is 34.2. The van der Waals surface area contributed by atoms with Crippen molar-refractivity contribution >= 4 is 25.9 Å². The Morgan fingerprint density at radius 2 is 1.73 bits per heavy atom. The highest BCUT2D eigenvalue weighted by molar-refractivity contribution is 6.74. The van der Waals surface area contributed by atoms with Crippen LogP contribution in [0, 0.1) is 5.92 Å². The molecular formula is C33H54FN5O4Si. The van der Waals surface area contributed by atoms with Crippen molar-refractivity contribution in [3.05, 3.63) is 30.1 Å². The summed E-state index contributed by atoms with van der Waals surface area (Å²) in [5.74, 6) is 1.66. The lowest BCUT2D eigenvalue weighted by Crippen LogP contribution is -2.45. The highest BCUT2D eigenvalue weighted by Crippen LogP contribution is 2.44. The van der Waals surface area contributed by atoms with Crippen LogP contribution in [0.2, 0.25) is 18.1 Å². The van der Waals surface area contributed by atoms with Gasteiger partial charge in [-0.15, -0.1) is 0 Å². The van der Waals surface area contributed by atoms with Gasteiger partial charge >= 0.3 is 6.09 Å². The Hall–Kier alpha value is -2.66. The zero-order valence-electron chi connectivity index (χ0n) is 28.6. The van der Waals surface area contributed by atoms with Crippen molar-refractivity contribution < 1.29 is 23.1 Å². The second kappa shape index (κ2) is 12.6. The van der Waals surface area contributed by atoms with Gasteiger partial charge < -0.3 is 24.5 Å². The van der Waals surface area contributed by atoms with Crippen LogP contribution < -0.4 is 15.4 Å². The van der Waals surface area contributed by atoms with E-state index < -0.39 is 20.6 Å². The number of hydrogen-bond donors (Lipinski definition) is 2. The lowest BCUT2D eigenvalue weighted by Gasteiger charge is -2.38. The van der Waals surface area contributed by atoms with Crippen molar-refractivity contribution in [3.8, 4) is 5.88 Å². The molecule has 2 saturated carbocycles. The number of alkyl carbamates (subject to hydrolysis) is 1. The minimum Gasteiger partial charge on any atom is -0.477 e. The molecule has 44 heavy (non-hydrogen) atoms. The predicted octanol–water partition coefficient (Wildman–Crippen LogP) is 8.06. The van der Waals surface area contributed by atoms with E-state index in [2.05, 4.69) is 70.3 Å². The lowest BCUT2D eigenvalue weighted by molar-refractivity contribution is -0.00120. The summed E-state index contributed by atoms with van der Waals surface area (Å²) < 4.78 is 35.2. The molecular weight excluding hydrogens is 577 g/mol. The van der Waals surface area contributed by atoms with E-state index >= 15 is 4.39 Å². The molecule has 0 bridgehead atoms. The first-order valence-corrected chi connectivity index (χ1v) is 18.9. The topological polar surface area (TPSA) is 99.5 Å². The number of halogens is 1. The number of nitrogens with zero attached hydrogens (tertiary/aromatic N) is 3. The molecule has 0 aromatic carbocycles. The Balaban J connectivity index is 1.37. The van der Waals surface area contributed by atoms with Gasteiger partial charge in [-0.05, 0) is 91.4 Å². The smallest absolute Gasteiger partial charge is 0.407 e. The van der Waals surface area contributed by atoms with Gasteiger partial charge in [-0.1, -0.05) is 20.8 Å². The van der Waals surface area contributed by atoms with Gasteiger partial charge in [0.15, 0.2) is 8.32 Å². The van der Waals surface area contributed by atoms with Gasteiger partial charge in [0.05, 0.1) is 23.9 Å². The number of pyridine rings is 1. The molecule has 2 N–H and O–H groups in total. The molecule has 2 aromatic heterocycles. The monoisotopic (exact) mass is 631 g/mol. The van der Waals surface area contributed by atoms with E-state index in [4.69, 9.17) is 19.0 Å². The highest BCUT2D eigenvalue weighted by atomic mass is 28.4. The van der Waals surface area contributed by atoms with Crippen molar-refractivity contribution in [2.24, 2.45) is 5.92 Å². The first-order valence-electron chi connectivity index (χ1n) is 16.0. The van der Waals surface area contributed by atoms with Gasteiger partial charge in [0.2, 0.25) is 5.88 Å². The standard InChI is InChI=1S/C33H54FN5O4Si/c1-31(2,3)37-30(40)42-24-14-21(15-24)20-41-29-18-23(12-13-35-29)36-28-19-26(38-39(28)32(4,5)6)22-16-25(34)27(17-22)43-44(10,11)33(7,8)9/h12-13,18-19,21-22,24-25,27H,14-17,20H2,1-11H3,(H,35,36)(H,37,40)/t21?,22-,24?,25+,27-/m0/s1. The maximum atomic E-state index is 15.3. The van der Waals surface area contributed by atoms with Crippen LogP contribution in [-0.2, 0) is 14.7 Å².